The Morgan fingerprint density at radius 1 is 1.08 bits per heavy atom. The first-order valence-electron chi connectivity index (χ1n) is 7.83. The lowest BCUT2D eigenvalue weighted by atomic mass is 10.2. The average molecular weight is 392 g/mol. The van der Waals surface area contributed by atoms with Crippen molar-refractivity contribution in [1.82, 2.24) is 4.90 Å². The Balaban J connectivity index is 1.75. The first-order chi connectivity index (χ1) is 11.5. The number of benzene rings is 2. The molecule has 0 bridgehead atoms. The molecule has 1 aliphatic heterocycles. The van der Waals surface area contributed by atoms with Gasteiger partial charge in [-0.05, 0) is 49.5 Å². The molecule has 1 N–H and O–H groups in total. The van der Waals surface area contributed by atoms with Gasteiger partial charge in [0.2, 0.25) is 0 Å². The van der Waals surface area contributed by atoms with E-state index >= 15 is 0 Å². The fourth-order valence-electron chi connectivity index (χ4n) is 2.68. The molecular formula is C18H19BrFN3O. The number of likely N-dealkylation sites (N-methyl/N-ethyl adjacent to an activating group) is 1. The van der Waals surface area contributed by atoms with Crippen LogP contribution in [-0.4, -0.2) is 44.0 Å². The van der Waals surface area contributed by atoms with Crippen LogP contribution in [0.15, 0.2) is 46.9 Å². The molecule has 0 aliphatic carbocycles. The van der Waals surface area contributed by atoms with Gasteiger partial charge in [0.1, 0.15) is 5.82 Å². The summed E-state index contributed by atoms with van der Waals surface area (Å²) in [6.45, 7) is 3.35. The number of anilines is 2. The highest BCUT2D eigenvalue weighted by Gasteiger charge is 2.18. The van der Waals surface area contributed by atoms with Crippen molar-refractivity contribution >= 4 is 33.2 Å². The molecule has 3 rings (SSSR count). The topological polar surface area (TPSA) is 35.6 Å². The number of halogens is 2. The van der Waals surface area contributed by atoms with Crippen LogP contribution in [0.5, 0.6) is 0 Å². The van der Waals surface area contributed by atoms with Crippen LogP contribution in [0.4, 0.5) is 15.8 Å². The van der Waals surface area contributed by atoms with Gasteiger partial charge in [0.05, 0.1) is 5.69 Å². The molecule has 1 saturated heterocycles. The monoisotopic (exact) mass is 391 g/mol. The highest BCUT2D eigenvalue weighted by Crippen LogP contribution is 2.25. The number of nitrogens with zero attached hydrogens (tertiary/aromatic N) is 2. The second-order valence-corrected chi connectivity index (χ2v) is 6.83. The Bertz CT molecular complexity index is 728. The van der Waals surface area contributed by atoms with Gasteiger partial charge in [-0.25, -0.2) is 4.39 Å². The molecule has 0 unspecified atom stereocenters. The second kappa shape index (κ2) is 7.32. The molecule has 1 heterocycles. The molecule has 0 radical (unpaired) electrons. The third-order valence-corrected chi connectivity index (χ3v) is 4.68. The van der Waals surface area contributed by atoms with Crippen LogP contribution < -0.4 is 10.2 Å². The number of piperazine rings is 1. The fraction of sp³-hybridized carbons (Fsp3) is 0.278. The van der Waals surface area contributed by atoms with E-state index in [9.17, 15) is 9.18 Å². The molecule has 24 heavy (non-hydrogen) atoms. The summed E-state index contributed by atoms with van der Waals surface area (Å²) in [5.41, 5.74) is 1.69. The maximum atomic E-state index is 14.2. The Labute approximate surface area is 149 Å². The third kappa shape index (κ3) is 3.94. The summed E-state index contributed by atoms with van der Waals surface area (Å²) in [5, 5.41) is 2.84. The smallest absolute Gasteiger partial charge is 0.255 e. The number of hydrogen-bond donors (Lipinski definition) is 1. The van der Waals surface area contributed by atoms with Gasteiger partial charge in [0.15, 0.2) is 0 Å². The number of carbonyl (C=O) groups excluding carboxylic acids is 1. The number of amides is 1. The van der Waals surface area contributed by atoms with Gasteiger partial charge in [-0.3, -0.25) is 4.79 Å². The minimum absolute atomic E-state index is 0.210. The number of carbonyl (C=O) groups is 1. The molecule has 0 spiro atoms. The Kier molecular flexibility index (Phi) is 5.16. The van der Waals surface area contributed by atoms with Crippen molar-refractivity contribution < 1.29 is 9.18 Å². The Hall–Kier alpha value is -1.92. The molecule has 0 aromatic heterocycles. The summed E-state index contributed by atoms with van der Waals surface area (Å²) in [6, 6.07) is 11.8. The summed E-state index contributed by atoms with van der Waals surface area (Å²) in [6.07, 6.45) is 0. The van der Waals surface area contributed by atoms with Crippen molar-refractivity contribution in [2.75, 3.05) is 43.4 Å². The van der Waals surface area contributed by atoms with E-state index in [2.05, 4.69) is 33.2 Å². The van der Waals surface area contributed by atoms with Gasteiger partial charge in [-0.15, -0.1) is 0 Å². The normalized spacial score (nSPS) is 15.4. The summed E-state index contributed by atoms with van der Waals surface area (Å²) < 4.78 is 15.1. The van der Waals surface area contributed by atoms with Crippen LogP contribution in [0.25, 0.3) is 0 Å². The highest BCUT2D eigenvalue weighted by molar-refractivity contribution is 9.10. The lowest BCUT2D eigenvalue weighted by Crippen LogP contribution is -2.44. The predicted molar refractivity (Wildman–Crippen MR) is 98.2 cm³/mol. The minimum Gasteiger partial charge on any atom is -0.367 e. The molecule has 0 saturated carbocycles. The molecule has 6 heteroatoms. The lowest BCUT2D eigenvalue weighted by Gasteiger charge is -2.34. The summed E-state index contributed by atoms with van der Waals surface area (Å²) in [4.78, 5) is 16.5. The number of hydrogen-bond acceptors (Lipinski definition) is 3. The van der Waals surface area contributed by atoms with Crippen LogP contribution in [0.3, 0.4) is 0 Å². The Morgan fingerprint density at radius 3 is 2.42 bits per heavy atom. The van der Waals surface area contributed by atoms with E-state index in [0.29, 0.717) is 16.9 Å². The zero-order valence-corrected chi connectivity index (χ0v) is 15.0. The Morgan fingerprint density at radius 2 is 1.75 bits per heavy atom. The van der Waals surface area contributed by atoms with Crippen molar-refractivity contribution in [3.05, 3.63) is 58.3 Å². The molecule has 2 aromatic carbocycles. The van der Waals surface area contributed by atoms with Gasteiger partial charge in [0, 0.05) is 41.9 Å². The van der Waals surface area contributed by atoms with Crippen molar-refractivity contribution in [1.29, 1.82) is 0 Å². The molecule has 4 nitrogen and oxygen atoms in total. The van der Waals surface area contributed by atoms with Crippen LogP contribution in [0, 0.1) is 5.82 Å². The molecule has 126 valence electrons. The van der Waals surface area contributed by atoms with E-state index < -0.39 is 0 Å². The van der Waals surface area contributed by atoms with E-state index in [1.54, 1.807) is 24.3 Å². The summed E-state index contributed by atoms with van der Waals surface area (Å²) in [7, 11) is 2.06. The zero-order chi connectivity index (χ0) is 17.1. The van der Waals surface area contributed by atoms with E-state index in [-0.39, 0.29) is 11.7 Å². The maximum Gasteiger partial charge on any atom is 0.255 e. The quantitative estimate of drug-likeness (QED) is 0.867. The van der Waals surface area contributed by atoms with E-state index in [1.165, 1.54) is 6.07 Å². The van der Waals surface area contributed by atoms with Crippen LogP contribution >= 0.6 is 15.9 Å². The zero-order valence-electron chi connectivity index (χ0n) is 13.4. The second-order valence-electron chi connectivity index (χ2n) is 5.92. The predicted octanol–water partition coefficient (Wildman–Crippen LogP) is 3.59. The van der Waals surface area contributed by atoms with Gasteiger partial charge >= 0.3 is 0 Å². The lowest BCUT2D eigenvalue weighted by molar-refractivity contribution is 0.102. The molecule has 0 atom stereocenters. The van der Waals surface area contributed by atoms with Crippen molar-refractivity contribution in [2.24, 2.45) is 0 Å². The van der Waals surface area contributed by atoms with Gasteiger partial charge < -0.3 is 15.1 Å². The summed E-state index contributed by atoms with van der Waals surface area (Å²) >= 11 is 3.34. The van der Waals surface area contributed by atoms with Crippen molar-refractivity contribution in [3.63, 3.8) is 0 Å². The highest BCUT2D eigenvalue weighted by atomic mass is 79.9. The molecule has 1 aliphatic rings. The number of nitrogens with one attached hydrogen (secondary N) is 1. The fourth-order valence-corrected chi connectivity index (χ4v) is 2.95. The average Bonchev–Trinajstić information content (AvgIpc) is 2.58. The molecule has 1 amide bonds. The number of rotatable bonds is 3. The van der Waals surface area contributed by atoms with Gasteiger partial charge in [-0.2, -0.15) is 0 Å². The van der Waals surface area contributed by atoms with E-state index in [0.717, 1.165) is 30.7 Å². The van der Waals surface area contributed by atoms with Crippen LogP contribution in [0.1, 0.15) is 10.4 Å². The largest absolute Gasteiger partial charge is 0.367 e. The van der Waals surface area contributed by atoms with Crippen LogP contribution in [-0.2, 0) is 0 Å². The first kappa shape index (κ1) is 16.9. The van der Waals surface area contributed by atoms with Gasteiger partial charge in [-0.1, -0.05) is 15.9 Å². The standard InChI is InChI=1S/C18H19BrFN3O/c1-22-8-10-23(11-9-22)17-12-15(6-7-16(17)20)21-18(24)13-2-4-14(19)5-3-13/h2-7,12H,8-11H2,1H3,(H,21,24). The van der Waals surface area contributed by atoms with Gasteiger partial charge in [0.25, 0.3) is 5.91 Å². The first-order valence-corrected chi connectivity index (χ1v) is 8.62. The maximum absolute atomic E-state index is 14.2. The minimum atomic E-state index is -0.263. The summed E-state index contributed by atoms with van der Waals surface area (Å²) in [5.74, 6) is -0.473. The van der Waals surface area contributed by atoms with E-state index in [4.69, 9.17) is 0 Å². The molecular weight excluding hydrogens is 373 g/mol. The van der Waals surface area contributed by atoms with Crippen molar-refractivity contribution in [2.45, 2.75) is 0 Å². The van der Waals surface area contributed by atoms with E-state index in [1.807, 2.05) is 17.0 Å². The van der Waals surface area contributed by atoms with Crippen molar-refractivity contribution in [3.8, 4) is 0 Å². The van der Waals surface area contributed by atoms with Crippen LogP contribution in [0.2, 0.25) is 0 Å². The SMILES string of the molecule is CN1CCN(c2cc(NC(=O)c3ccc(Br)cc3)ccc2F)CC1. The molecule has 1 fully saturated rings. The third-order valence-electron chi connectivity index (χ3n) is 4.15. The molecule has 2 aromatic rings.